The molecule has 1 N–H and O–H groups in total. The van der Waals surface area contributed by atoms with Gasteiger partial charge in [0.2, 0.25) is 0 Å². The summed E-state index contributed by atoms with van der Waals surface area (Å²) in [5.74, 6) is 0.584. The lowest BCUT2D eigenvalue weighted by Gasteiger charge is -2.30. The highest BCUT2D eigenvalue weighted by Gasteiger charge is 2.30. The summed E-state index contributed by atoms with van der Waals surface area (Å²) in [6.07, 6.45) is 5.71. The van der Waals surface area contributed by atoms with E-state index in [1.165, 1.54) is 25.0 Å². The second-order valence-electron chi connectivity index (χ2n) is 4.94. The van der Waals surface area contributed by atoms with Crippen LogP contribution in [0.5, 0.6) is 0 Å². The van der Waals surface area contributed by atoms with Crippen molar-refractivity contribution >= 4 is 11.3 Å². The summed E-state index contributed by atoms with van der Waals surface area (Å²) in [5, 5.41) is 10.0. The van der Waals surface area contributed by atoms with E-state index in [0.717, 1.165) is 0 Å². The largest absolute Gasteiger partial charge is 0.311 e. The number of likely N-dealkylation sites (N-methyl/N-ethyl adjacent to an activating group) is 1. The average Bonchev–Trinajstić information content (AvgIpc) is 3.00. The number of hydrogen-bond acceptors (Lipinski definition) is 3. The summed E-state index contributed by atoms with van der Waals surface area (Å²) in [6.45, 7) is 0. The Kier molecular flexibility index (Phi) is 3.22. The molecule has 0 saturated carbocycles. The van der Waals surface area contributed by atoms with Crippen LogP contribution in [0, 0.1) is 0 Å². The smallest absolute Gasteiger partial charge is 0.0559 e. The topological polar surface area (TPSA) is 29.9 Å². The molecule has 0 amide bonds. The fraction of sp³-hybridized carbons (Fsp3) is 0.500. The number of hydrogen-bond donors (Lipinski definition) is 1. The molecular formula is C14H19N3S. The van der Waals surface area contributed by atoms with E-state index in [-0.39, 0.29) is 0 Å². The number of aromatic nitrogens is 2. The Labute approximate surface area is 112 Å². The highest BCUT2D eigenvalue weighted by atomic mass is 32.1. The van der Waals surface area contributed by atoms with Crippen LogP contribution in [0.1, 0.15) is 40.9 Å². The molecule has 0 saturated heterocycles. The number of rotatable bonds is 3. The van der Waals surface area contributed by atoms with Crippen LogP contribution in [-0.2, 0) is 13.5 Å². The third-order valence-corrected chi connectivity index (χ3v) is 4.99. The van der Waals surface area contributed by atoms with Gasteiger partial charge in [-0.05, 0) is 49.4 Å². The average molecular weight is 261 g/mol. The number of nitrogens with one attached hydrogen (secondary N) is 1. The third-order valence-electron chi connectivity index (χ3n) is 3.99. The lowest BCUT2D eigenvalue weighted by atomic mass is 9.81. The van der Waals surface area contributed by atoms with Gasteiger partial charge >= 0.3 is 0 Å². The first-order chi connectivity index (χ1) is 8.81. The zero-order valence-electron chi connectivity index (χ0n) is 10.9. The van der Waals surface area contributed by atoms with E-state index < -0.39 is 0 Å². The molecule has 0 bridgehead atoms. The van der Waals surface area contributed by atoms with Crippen molar-refractivity contribution in [1.82, 2.24) is 15.1 Å². The Bertz CT molecular complexity index is 529. The Morgan fingerprint density at radius 1 is 1.50 bits per heavy atom. The van der Waals surface area contributed by atoms with Gasteiger partial charge < -0.3 is 5.32 Å². The first kappa shape index (κ1) is 11.9. The lowest BCUT2D eigenvalue weighted by Crippen LogP contribution is -2.27. The van der Waals surface area contributed by atoms with Crippen molar-refractivity contribution in [3.05, 3.63) is 39.8 Å². The predicted molar refractivity (Wildman–Crippen MR) is 75.0 cm³/mol. The van der Waals surface area contributed by atoms with Crippen LogP contribution in [0.3, 0.4) is 0 Å². The molecule has 2 aromatic rings. The summed E-state index contributed by atoms with van der Waals surface area (Å²) in [6, 6.07) is 4.80. The van der Waals surface area contributed by atoms with Crippen molar-refractivity contribution in [2.45, 2.75) is 31.2 Å². The molecule has 2 atom stereocenters. The maximum Gasteiger partial charge on any atom is 0.0559 e. The minimum Gasteiger partial charge on any atom is -0.311 e. The summed E-state index contributed by atoms with van der Waals surface area (Å²) < 4.78 is 1.99. The molecule has 4 heteroatoms. The number of aryl methyl sites for hydroxylation is 2. The highest BCUT2D eigenvalue weighted by molar-refractivity contribution is 7.10. The third kappa shape index (κ3) is 1.89. The lowest BCUT2D eigenvalue weighted by molar-refractivity contribution is 0.408. The minimum atomic E-state index is 0.367. The molecule has 0 radical (unpaired) electrons. The van der Waals surface area contributed by atoms with Gasteiger partial charge in [0.15, 0.2) is 0 Å². The molecule has 0 fully saturated rings. The van der Waals surface area contributed by atoms with Crippen LogP contribution in [-0.4, -0.2) is 16.8 Å². The standard InChI is InChI=1S/C14H19N3S/c1-15-14(12-6-8-16-17(12)2)11-4-3-5-13-10(11)7-9-18-13/h6-9,11,14-15H,3-5H2,1-2H3. The molecule has 1 aliphatic rings. The van der Waals surface area contributed by atoms with Gasteiger partial charge in [-0.1, -0.05) is 0 Å². The zero-order valence-corrected chi connectivity index (χ0v) is 11.7. The van der Waals surface area contributed by atoms with Crippen LogP contribution < -0.4 is 5.32 Å². The van der Waals surface area contributed by atoms with E-state index in [1.54, 1.807) is 10.4 Å². The van der Waals surface area contributed by atoms with Gasteiger partial charge in [0.05, 0.1) is 11.7 Å². The zero-order chi connectivity index (χ0) is 12.5. The van der Waals surface area contributed by atoms with Gasteiger partial charge in [-0.3, -0.25) is 4.68 Å². The molecule has 2 unspecified atom stereocenters. The van der Waals surface area contributed by atoms with Gasteiger partial charge in [-0.15, -0.1) is 11.3 Å². The molecule has 3 rings (SSSR count). The normalized spacial score (nSPS) is 20.7. The van der Waals surface area contributed by atoms with Crippen LogP contribution in [0.4, 0.5) is 0 Å². The second-order valence-corrected chi connectivity index (χ2v) is 5.94. The Hall–Kier alpha value is -1.13. The van der Waals surface area contributed by atoms with E-state index in [1.807, 2.05) is 29.3 Å². The van der Waals surface area contributed by atoms with Crippen LogP contribution in [0.2, 0.25) is 0 Å². The predicted octanol–water partition coefficient (Wildman–Crippen LogP) is 2.86. The van der Waals surface area contributed by atoms with Crippen molar-refractivity contribution in [1.29, 1.82) is 0 Å². The maximum absolute atomic E-state index is 4.30. The minimum absolute atomic E-state index is 0.367. The van der Waals surface area contributed by atoms with E-state index in [4.69, 9.17) is 0 Å². The molecule has 18 heavy (non-hydrogen) atoms. The summed E-state index contributed by atoms with van der Waals surface area (Å²) in [7, 11) is 4.08. The second kappa shape index (κ2) is 4.86. The summed E-state index contributed by atoms with van der Waals surface area (Å²) in [4.78, 5) is 1.58. The quantitative estimate of drug-likeness (QED) is 0.920. The SMILES string of the molecule is CNC(c1ccnn1C)C1CCCc2sccc21. The van der Waals surface area contributed by atoms with E-state index in [2.05, 4.69) is 35.0 Å². The molecule has 0 aliphatic heterocycles. The van der Waals surface area contributed by atoms with Gasteiger partial charge in [0, 0.05) is 24.0 Å². The van der Waals surface area contributed by atoms with Crippen LogP contribution in [0.25, 0.3) is 0 Å². The molecule has 1 aliphatic carbocycles. The molecule has 0 spiro atoms. The van der Waals surface area contributed by atoms with Crippen molar-refractivity contribution in [3.8, 4) is 0 Å². The molecular weight excluding hydrogens is 242 g/mol. The number of thiophene rings is 1. The first-order valence-electron chi connectivity index (χ1n) is 6.52. The Morgan fingerprint density at radius 3 is 3.11 bits per heavy atom. The summed E-state index contributed by atoms with van der Waals surface area (Å²) >= 11 is 1.91. The van der Waals surface area contributed by atoms with Gasteiger partial charge in [0.25, 0.3) is 0 Å². The van der Waals surface area contributed by atoms with Gasteiger partial charge in [0.1, 0.15) is 0 Å². The Balaban J connectivity index is 1.97. The highest BCUT2D eigenvalue weighted by Crippen LogP contribution is 2.41. The Morgan fingerprint density at radius 2 is 2.39 bits per heavy atom. The van der Waals surface area contributed by atoms with E-state index >= 15 is 0 Å². The maximum atomic E-state index is 4.30. The van der Waals surface area contributed by atoms with Crippen LogP contribution >= 0.6 is 11.3 Å². The number of fused-ring (bicyclic) bond motifs is 1. The number of nitrogens with zero attached hydrogens (tertiary/aromatic N) is 2. The molecule has 0 aromatic carbocycles. The van der Waals surface area contributed by atoms with Crippen molar-refractivity contribution in [2.24, 2.45) is 7.05 Å². The molecule has 3 nitrogen and oxygen atoms in total. The van der Waals surface area contributed by atoms with Gasteiger partial charge in [-0.2, -0.15) is 5.10 Å². The van der Waals surface area contributed by atoms with Gasteiger partial charge in [-0.25, -0.2) is 0 Å². The monoisotopic (exact) mass is 261 g/mol. The first-order valence-corrected chi connectivity index (χ1v) is 7.40. The van der Waals surface area contributed by atoms with E-state index in [0.29, 0.717) is 12.0 Å². The van der Waals surface area contributed by atoms with E-state index in [9.17, 15) is 0 Å². The fourth-order valence-corrected chi connectivity index (χ4v) is 4.11. The van der Waals surface area contributed by atoms with Crippen LogP contribution in [0.15, 0.2) is 23.7 Å². The summed E-state index contributed by atoms with van der Waals surface area (Å²) in [5.41, 5.74) is 2.83. The fourth-order valence-electron chi connectivity index (χ4n) is 3.11. The van der Waals surface area contributed by atoms with Crippen molar-refractivity contribution in [3.63, 3.8) is 0 Å². The molecule has 96 valence electrons. The van der Waals surface area contributed by atoms with Crippen molar-refractivity contribution < 1.29 is 0 Å². The molecule has 2 aromatic heterocycles. The molecule has 2 heterocycles. The van der Waals surface area contributed by atoms with Crippen molar-refractivity contribution in [2.75, 3.05) is 7.05 Å².